The van der Waals surface area contributed by atoms with E-state index in [9.17, 15) is 4.39 Å². The predicted molar refractivity (Wildman–Crippen MR) is 109 cm³/mol. The number of guanidine groups is 1. The molecule has 0 spiro atoms. The number of nitrogens with one attached hydrogen (secondary N) is 2. The van der Waals surface area contributed by atoms with Gasteiger partial charge in [-0.1, -0.05) is 30.3 Å². The molecule has 5 nitrogen and oxygen atoms in total. The van der Waals surface area contributed by atoms with E-state index in [1.807, 2.05) is 11.0 Å². The van der Waals surface area contributed by atoms with Crippen molar-refractivity contribution in [3.8, 4) is 0 Å². The molecule has 1 aromatic heterocycles. The van der Waals surface area contributed by atoms with Crippen molar-refractivity contribution in [1.82, 2.24) is 15.6 Å². The van der Waals surface area contributed by atoms with Gasteiger partial charge in [0, 0.05) is 38.4 Å². The number of aliphatic imine (C=N–C) groups is 1. The Labute approximate surface area is 160 Å². The Bertz CT molecular complexity index is 734. The Kier molecular flexibility index (Phi) is 7.02. The molecule has 0 aliphatic carbocycles. The molecule has 1 unspecified atom stereocenters. The summed E-state index contributed by atoms with van der Waals surface area (Å²) in [5.41, 5.74) is 1.34. The second kappa shape index (κ2) is 9.90. The van der Waals surface area contributed by atoms with E-state index in [1.165, 1.54) is 11.6 Å². The molecule has 1 atom stereocenters. The van der Waals surface area contributed by atoms with Crippen molar-refractivity contribution in [2.75, 3.05) is 31.1 Å². The summed E-state index contributed by atoms with van der Waals surface area (Å²) in [6.07, 6.45) is 4.61. The van der Waals surface area contributed by atoms with Crippen LogP contribution in [0.1, 0.15) is 25.3 Å². The van der Waals surface area contributed by atoms with Crippen LogP contribution in [0.2, 0.25) is 0 Å². The number of anilines is 1. The first-order chi connectivity index (χ1) is 13.3. The summed E-state index contributed by atoms with van der Waals surface area (Å²) in [4.78, 5) is 10.9. The quantitative estimate of drug-likeness (QED) is 0.448. The Morgan fingerprint density at radius 3 is 2.89 bits per heavy atom. The summed E-state index contributed by atoms with van der Waals surface area (Å²) >= 11 is 0. The van der Waals surface area contributed by atoms with Crippen LogP contribution >= 0.6 is 0 Å². The van der Waals surface area contributed by atoms with Crippen molar-refractivity contribution in [2.24, 2.45) is 4.99 Å². The van der Waals surface area contributed by atoms with E-state index in [0.717, 1.165) is 51.4 Å². The monoisotopic (exact) mass is 369 g/mol. The zero-order valence-electron chi connectivity index (χ0n) is 15.9. The minimum atomic E-state index is -0.264. The van der Waals surface area contributed by atoms with Gasteiger partial charge in [-0.05, 0) is 43.9 Å². The maximum atomic E-state index is 13.9. The zero-order chi connectivity index (χ0) is 18.9. The highest BCUT2D eigenvalue weighted by atomic mass is 19.1. The highest BCUT2D eigenvalue weighted by Crippen LogP contribution is 2.20. The van der Waals surface area contributed by atoms with Crippen LogP contribution in [-0.2, 0) is 6.42 Å². The Morgan fingerprint density at radius 2 is 2.11 bits per heavy atom. The third kappa shape index (κ3) is 5.67. The summed E-state index contributed by atoms with van der Waals surface area (Å²) in [5.74, 6) is 1.00. The van der Waals surface area contributed by atoms with Gasteiger partial charge in [0.2, 0.25) is 0 Å². The molecule has 1 saturated heterocycles. The maximum Gasteiger partial charge on any atom is 0.191 e. The molecule has 1 fully saturated rings. The van der Waals surface area contributed by atoms with Crippen LogP contribution in [0.4, 0.5) is 10.2 Å². The van der Waals surface area contributed by atoms with E-state index in [1.54, 1.807) is 12.3 Å². The molecule has 144 valence electrons. The SMILES string of the molecule is CCNC(=NCCCc1ccccc1)NC1CCN(c2ncccc2F)C1. The minimum Gasteiger partial charge on any atom is -0.357 e. The molecule has 2 N–H and O–H groups in total. The Balaban J connectivity index is 1.49. The lowest BCUT2D eigenvalue weighted by Gasteiger charge is -2.20. The van der Waals surface area contributed by atoms with E-state index in [-0.39, 0.29) is 11.9 Å². The van der Waals surface area contributed by atoms with Crippen LogP contribution in [0.15, 0.2) is 53.7 Å². The third-order valence-electron chi connectivity index (χ3n) is 4.65. The van der Waals surface area contributed by atoms with E-state index < -0.39 is 0 Å². The molecule has 2 aromatic rings. The van der Waals surface area contributed by atoms with Crippen molar-refractivity contribution in [2.45, 2.75) is 32.2 Å². The number of rotatable bonds is 7. The lowest BCUT2D eigenvalue weighted by molar-refractivity contribution is 0.612. The van der Waals surface area contributed by atoms with E-state index >= 15 is 0 Å². The van der Waals surface area contributed by atoms with E-state index in [4.69, 9.17) is 4.99 Å². The van der Waals surface area contributed by atoms with Crippen LogP contribution in [0.3, 0.4) is 0 Å². The highest BCUT2D eigenvalue weighted by Gasteiger charge is 2.25. The summed E-state index contributed by atoms with van der Waals surface area (Å²) in [7, 11) is 0. The van der Waals surface area contributed by atoms with Crippen molar-refractivity contribution in [3.05, 3.63) is 60.0 Å². The molecule has 6 heteroatoms. The van der Waals surface area contributed by atoms with Gasteiger partial charge in [0.25, 0.3) is 0 Å². The van der Waals surface area contributed by atoms with Crippen LogP contribution in [0.25, 0.3) is 0 Å². The topological polar surface area (TPSA) is 52.6 Å². The first-order valence-corrected chi connectivity index (χ1v) is 9.70. The summed E-state index contributed by atoms with van der Waals surface area (Å²) in [6, 6.07) is 13.8. The van der Waals surface area contributed by atoms with Gasteiger partial charge in [0.15, 0.2) is 17.6 Å². The molecule has 0 amide bonds. The number of nitrogens with zero attached hydrogens (tertiary/aromatic N) is 3. The molecule has 0 saturated carbocycles. The second-order valence-electron chi connectivity index (χ2n) is 6.73. The average Bonchev–Trinajstić information content (AvgIpc) is 3.15. The largest absolute Gasteiger partial charge is 0.357 e. The molecule has 1 aromatic carbocycles. The molecule has 2 heterocycles. The first-order valence-electron chi connectivity index (χ1n) is 9.70. The van der Waals surface area contributed by atoms with Gasteiger partial charge in [-0.3, -0.25) is 4.99 Å². The summed E-state index contributed by atoms with van der Waals surface area (Å²) in [6.45, 7) is 5.16. The fourth-order valence-electron chi connectivity index (χ4n) is 3.31. The van der Waals surface area contributed by atoms with Crippen LogP contribution < -0.4 is 15.5 Å². The number of aromatic nitrogens is 1. The molecule has 0 radical (unpaired) electrons. The molecule has 3 rings (SSSR count). The van der Waals surface area contributed by atoms with Gasteiger partial charge < -0.3 is 15.5 Å². The summed E-state index contributed by atoms with van der Waals surface area (Å²) < 4.78 is 13.9. The normalized spacial score (nSPS) is 17.2. The lowest BCUT2D eigenvalue weighted by Crippen LogP contribution is -2.44. The zero-order valence-corrected chi connectivity index (χ0v) is 15.9. The maximum absolute atomic E-state index is 13.9. The molecule has 1 aliphatic rings. The Hall–Kier alpha value is -2.63. The number of benzene rings is 1. The molecule has 0 bridgehead atoms. The smallest absolute Gasteiger partial charge is 0.191 e. The number of hydrogen-bond acceptors (Lipinski definition) is 3. The van der Waals surface area contributed by atoms with Crippen molar-refractivity contribution in [1.29, 1.82) is 0 Å². The average molecular weight is 369 g/mol. The van der Waals surface area contributed by atoms with Crippen LogP contribution in [-0.4, -0.2) is 43.2 Å². The fourth-order valence-corrected chi connectivity index (χ4v) is 3.31. The molecular formula is C21H28FN5. The van der Waals surface area contributed by atoms with Gasteiger partial charge in [-0.2, -0.15) is 0 Å². The number of hydrogen-bond donors (Lipinski definition) is 2. The van der Waals surface area contributed by atoms with Crippen molar-refractivity contribution in [3.63, 3.8) is 0 Å². The summed E-state index contributed by atoms with van der Waals surface area (Å²) in [5, 5.41) is 6.79. The van der Waals surface area contributed by atoms with Gasteiger partial charge >= 0.3 is 0 Å². The van der Waals surface area contributed by atoms with Gasteiger partial charge in [-0.25, -0.2) is 9.37 Å². The van der Waals surface area contributed by atoms with Crippen LogP contribution in [0.5, 0.6) is 0 Å². The molecule has 1 aliphatic heterocycles. The number of aryl methyl sites for hydroxylation is 1. The second-order valence-corrected chi connectivity index (χ2v) is 6.73. The Morgan fingerprint density at radius 1 is 1.26 bits per heavy atom. The number of pyridine rings is 1. The third-order valence-corrected chi connectivity index (χ3v) is 4.65. The predicted octanol–water partition coefficient (Wildman–Crippen LogP) is 2.99. The lowest BCUT2D eigenvalue weighted by atomic mass is 10.1. The minimum absolute atomic E-state index is 0.235. The van der Waals surface area contributed by atoms with Gasteiger partial charge in [-0.15, -0.1) is 0 Å². The van der Waals surface area contributed by atoms with E-state index in [0.29, 0.717) is 5.82 Å². The molecular weight excluding hydrogens is 341 g/mol. The van der Waals surface area contributed by atoms with Crippen molar-refractivity contribution >= 4 is 11.8 Å². The number of halogens is 1. The molecule has 27 heavy (non-hydrogen) atoms. The van der Waals surface area contributed by atoms with Crippen molar-refractivity contribution < 1.29 is 4.39 Å². The van der Waals surface area contributed by atoms with Crippen LogP contribution in [0, 0.1) is 5.82 Å². The van der Waals surface area contributed by atoms with Gasteiger partial charge in [0.1, 0.15) is 0 Å². The first kappa shape index (κ1) is 19.1. The highest BCUT2D eigenvalue weighted by molar-refractivity contribution is 5.80. The standard InChI is InChI=1S/C21H28FN5/c1-2-23-21(25-14-6-10-17-8-4-3-5-9-17)26-18-12-15-27(16-18)20-19(22)11-7-13-24-20/h3-5,7-9,11,13,18H,2,6,10,12,14-16H2,1H3,(H2,23,25,26). The van der Waals surface area contributed by atoms with E-state index in [2.05, 4.69) is 46.8 Å². The fraction of sp³-hybridized carbons (Fsp3) is 0.429. The van der Waals surface area contributed by atoms with Gasteiger partial charge in [0.05, 0.1) is 0 Å².